The Hall–Kier alpha value is -0.360. The summed E-state index contributed by atoms with van der Waals surface area (Å²) >= 11 is 0. The van der Waals surface area contributed by atoms with Crippen LogP contribution in [0.2, 0.25) is 0 Å². The first kappa shape index (κ1) is 18.7. The summed E-state index contributed by atoms with van der Waals surface area (Å²) in [5.74, 6) is -2.92. The predicted molar refractivity (Wildman–Crippen MR) is 75.0 cm³/mol. The Morgan fingerprint density at radius 1 is 1.14 bits per heavy atom. The molecule has 6 heteroatoms. The number of hydrogen-bond donors (Lipinski definition) is 1. The van der Waals surface area contributed by atoms with Gasteiger partial charge in [-0.2, -0.15) is 8.78 Å². The second kappa shape index (κ2) is 8.93. The standard InChI is InChI=1S/C15H27F4NO/c1-3-11-5-7-12(8-6-11)13(20-4-2)9-21-10-15(18,19)14(16)17/h11-14,20H,3-10H2,1-2H3. The van der Waals surface area contributed by atoms with Crippen molar-refractivity contribution in [1.82, 2.24) is 5.32 Å². The zero-order valence-electron chi connectivity index (χ0n) is 12.9. The van der Waals surface area contributed by atoms with E-state index in [1.54, 1.807) is 0 Å². The molecule has 126 valence electrons. The van der Waals surface area contributed by atoms with E-state index in [0.29, 0.717) is 12.5 Å². The number of nitrogens with one attached hydrogen (secondary N) is 1. The SMILES string of the molecule is CCNC(COCC(F)(F)C(F)F)C1CCC(CC)CC1. The molecule has 21 heavy (non-hydrogen) atoms. The van der Waals surface area contributed by atoms with Gasteiger partial charge in [-0.1, -0.05) is 33.1 Å². The van der Waals surface area contributed by atoms with Gasteiger partial charge < -0.3 is 10.1 Å². The Bertz CT molecular complexity index is 281. The summed E-state index contributed by atoms with van der Waals surface area (Å²) in [6.07, 6.45) is 1.90. The fourth-order valence-corrected chi connectivity index (χ4v) is 3.01. The van der Waals surface area contributed by atoms with Gasteiger partial charge in [0.1, 0.15) is 6.61 Å². The minimum Gasteiger partial charge on any atom is -0.373 e. The van der Waals surface area contributed by atoms with Crippen LogP contribution < -0.4 is 5.32 Å². The van der Waals surface area contributed by atoms with Crippen LogP contribution in [-0.4, -0.2) is 38.1 Å². The smallest absolute Gasteiger partial charge is 0.330 e. The molecule has 0 heterocycles. The molecule has 1 saturated carbocycles. The third-order valence-corrected chi connectivity index (χ3v) is 4.42. The first-order valence-electron chi connectivity index (χ1n) is 7.87. The van der Waals surface area contributed by atoms with Crippen LogP contribution in [0.15, 0.2) is 0 Å². The number of likely N-dealkylation sites (N-methyl/N-ethyl adjacent to an activating group) is 1. The van der Waals surface area contributed by atoms with Crippen molar-refractivity contribution < 1.29 is 22.3 Å². The molecular weight excluding hydrogens is 286 g/mol. The van der Waals surface area contributed by atoms with Crippen molar-refractivity contribution in [2.24, 2.45) is 11.8 Å². The Morgan fingerprint density at radius 2 is 1.76 bits per heavy atom. The molecule has 0 amide bonds. The summed E-state index contributed by atoms with van der Waals surface area (Å²) in [6.45, 7) is 3.70. The molecule has 0 radical (unpaired) electrons. The van der Waals surface area contributed by atoms with Crippen LogP contribution in [0.4, 0.5) is 17.6 Å². The van der Waals surface area contributed by atoms with Crippen LogP contribution in [0.1, 0.15) is 46.0 Å². The molecule has 1 unspecified atom stereocenters. The van der Waals surface area contributed by atoms with Gasteiger partial charge in [0.05, 0.1) is 6.61 Å². The zero-order chi connectivity index (χ0) is 15.9. The maximum absolute atomic E-state index is 12.8. The largest absolute Gasteiger partial charge is 0.373 e. The number of ether oxygens (including phenoxy) is 1. The monoisotopic (exact) mass is 313 g/mol. The Morgan fingerprint density at radius 3 is 2.24 bits per heavy atom. The van der Waals surface area contributed by atoms with E-state index >= 15 is 0 Å². The Balaban J connectivity index is 2.40. The number of rotatable bonds is 9. The van der Waals surface area contributed by atoms with Gasteiger partial charge in [-0.15, -0.1) is 0 Å². The summed E-state index contributed by atoms with van der Waals surface area (Å²) in [7, 11) is 0. The molecule has 1 aliphatic carbocycles. The summed E-state index contributed by atoms with van der Waals surface area (Å²) in [4.78, 5) is 0. The number of halogens is 4. The highest BCUT2D eigenvalue weighted by Gasteiger charge is 2.41. The predicted octanol–water partition coefficient (Wildman–Crippen LogP) is 4.10. The molecular formula is C15H27F4NO. The van der Waals surface area contributed by atoms with Gasteiger partial charge in [0, 0.05) is 6.04 Å². The second-order valence-corrected chi connectivity index (χ2v) is 5.93. The fraction of sp³-hybridized carbons (Fsp3) is 1.00. The second-order valence-electron chi connectivity index (χ2n) is 5.93. The van der Waals surface area contributed by atoms with E-state index in [1.165, 1.54) is 6.42 Å². The molecule has 0 aromatic rings. The minimum absolute atomic E-state index is 0.0266. The lowest BCUT2D eigenvalue weighted by molar-refractivity contribution is -0.168. The van der Waals surface area contributed by atoms with Gasteiger partial charge in [-0.25, -0.2) is 8.78 Å². The normalized spacial score (nSPS) is 25.3. The molecule has 1 aliphatic rings. The average molecular weight is 313 g/mol. The minimum atomic E-state index is -4.06. The van der Waals surface area contributed by atoms with Crippen molar-refractivity contribution in [3.8, 4) is 0 Å². The summed E-state index contributed by atoms with van der Waals surface area (Å²) in [5, 5.41) is 3.24. The zero-order valence-corrected chi connectivity index (χ0v) is 12.9. The van der Waals surface area contributed by atoms with Crippen molar-refractivity contribution in [1.29, 1.82) is 0 Å². The molecule has 1 N–H and O–H groups in total. The molecule has 0 spiro atoms. The van der Waals surface area contributed by atoms with Gasteiger partial charge in [0.25, 0.3) is 0 Å². The van der Waals surface area contributed by atoms with Crippen LogP contribution in [0.5, 0.6) is 0 Å². The Kier molecular flexibility index (Phi) is 7.95. The van der Waals surface area contributed by atoms with Gasteiger partial charge in [0.2, 0.25) is 0 Å². The summed E-state index contributed by atoms with van der Waals surface area (Å²) < 4.78 is 54.7. The highest BCUT2D eigenvalue weighted by molar-refractivity contribution is 4.82. The topological polar surface area (TPSA) is 21.3 Å². The summed E-state index contributed by atoms with van der Waals surface area (Å²) in [6, 6.07) is -0.0266. The molecule has 0 aromatic heterocycles. The molecule has 2 nitrogen and oxygen atoms in total. The maximum Gasteiger partial charge on any atom is 0.330 e. The van der Waals surface area contributed by atoms with Gasteiger partial charge >= 0.3 is 12.3 Å². The first-order chi connectivity index (χ1) is 9.90. The third-order valence-electron chi connectivity index (χ3n) is 4.42. The van der Waals surface area contributed by atoms with Crippen LogP contribution in [0.3, 0.4) is 0 Å². The third kappa shape index (κ3) is 6.10. The van der Waals surface area contributed by atoms with Crippen molar-refractivity contribution in [3.05, 3.63) is 0 Å². The van der Waals surface area contributed by atoms with Crippen molar-refractivity contribution in [3.63, 3.8) is 0 Å². The molecule has 1 rings (SSSR count). The lowest BCUT2D eigenvalue weighted by atomic mass is 9.78. The fourth-order valence-electron chi connectivity index (χ4n) is 3.01. The molecule has 1 atom stereocenters. The van der Waals surface area contributed by atoms with Crippen LogP contribution in [0, 0.1) is 11.8 Å². The van der Waals surface area contributed by atoms with Crippen molar-refractivity contribution in [2.45, 2.75) is 64.3 Å². The van der Waals surface area contributed by atoms with E-state index < -0.39 is 19.0 Å². The van der Waals surface area contributed by atoms with E-state index in [0.717, 1.165) is 31.6 Å². The molecule has 1 fully saturated rings. The van der Waals surface area contributed by atoms with Gasteiger partial charge in [0.15, 0.2) is 0 Å². The van der Waals surface area contributed by atoms with Crippen LogP contribution in [0.25, 0.3) is 0 Å². The van der Waals surface area contributed by atoms with Crippen molar-refractivity contribution in [2.75, 3.05) is 19.8 Å². The maximum atomic E-state index is 12.8. The van der Waals surface area contributed by atoms with E-state index in [1.807, 2.05) is 6.92 Å². The number of alkyl halides is 4. The number of hydrogen-bond acceptors (Lipinski definition) is 2. The lowest BCUT2D eigenvalue weighted by Crippen LogP contribution is -2.43. The van der Waals surface area contributed by atoms with E-state index in [-0.39, 0.29) is 12.6 Å². The quantitative estimate of drug-likeness (QED) is 0.647. The molecule has 0 bridgehead atoms. The lowest BCUT2D eigenvalue weighted by Gasteiger charge is -2.34. The summed E-state index contributed by atoms with van der Waals surface area (Å²) in [5.41, 5.74) is 0. The Labute approximate surface area is 124 Å². The van der Waals surface area contributed by atoms with E-state index in [4.69, 9.17) is 4.74 Å². The van der Waals surface area contributed by atoms with E-state index in [9.17, 15) is 17.6 Å². The average Bonchev–Trinajstić information content (AvgIpc) is 2.46. The van der Waals surface area contributed by atoms with Crippen molar-refractivity contribution >= 4 is 0 Å². The molecule has 0 saturated heterocycles. The highest BCUT2D eigenvalue weighted by Crippen LogP contribution is 2.32. The first-order valence-corrected chi connectivity index (χ1v) is 7.87. The highest BCUT2D eigenvalue weighted by atomic mass is 19.3. The van der Waals surface area contributed by atoms with Crippen LogP contribution in [-0.2, 0) is 4.74 Å². The van der Waals surface area contributed by atoms with E-state index in [2.05, 4.69) is 12.2 Å². The van der Waals surface area contributed by atoms with Gasteiger partial charge in [-0.05, 0) is 31.2 Å². The van der Waals surface area contributed by atoms with Crippen LogP contribution >= 0.6 is 0 Å². The van der Waals surface area contributed by atoms with Gasteiger partial charge in [-0.3, -0.25) is 0 Å². The molecule has 0 aromatic carbocycles. The molecule has 0 aliphatic heterocycles.